The minimum atomic E-state index is -1.28. The van der Waals surface area contributed by atoms with E-state index < -0.39 is 63.6 Å². The number of anilines is 2. The van der Waals surface area contributed by atoms with Crippen molar-refractivity contribution in [3.05, 3.63) is 110 Å². The van der Waals surface area contributed by atoms with Gasteiger partial charge in [0.1, 0.15) is 17.3 Å². The third kappa shape index (κ3) is 4.91. The maximum Gasteiger partial charge on any atom is 0.269 e. The average Bonchev–Trinajstić information content (AvgIpc) is 3.83. The summed E-state index contributed by atoms with van der Waals surface area (Å²) in [4.78, 5) is 72.3. The second-order valence-electron chi connectivity index (χ2n) is 15.2. The van der Waals surface area contributed by atoms with Crippen molar-refractivity contribution in [2.75, 3.05) is 9.80 Å². The predicted octanol–water partition coefficient (Wildman–Crippen LogP) is 7.62. The fourth-order valence-corrected chi connectivity index (χ4v) is 11.0. The molecule has 55 heavy (non-hydrogen) atoms. The van der Waals surface area contributed by atoms with Gasteiger partial charge in [-0.1, -0.05) is 35.4 Å². The quantitative estimate of drug-likeness (QED) is 0.0828. The van der Waals surface area contributed by atoms with E-state index in [2.05, 4.69) is 0 Å². The number of aryl methyl sites for hydroxylation is 3. The SMILES string of the molecule is Cc1cc([C@H]2C3=CC[C@@H]4C(=O)N(c5ccc([N+](=O)[O-])cc5)C(=O)[C@@H]4[C@@H]3C[C@H]3C(=O)N(c4cc(-c5sc6ccc(Cl)cc6c5C)nn4C)C(=O)[C@@]23C)ccc1O. The zero-order valence-electron chi connectivity index (χ0n) is 30.1. The lowest BCUT2D eigenvalue weighted by Crippen LogP contribution is -2.49. The molecule has 5 aromatic rings. The minimum absolute atomic E-state index is 0.0856. The molecule has 9 rings (SSSR count). The molecule has 1 saturated carbocycles. The van der Waals surface area contributed by atoms with Gasteiger partial charge in [0.2, 0.25) is 23.6 Å². The number of imide groups is 2. The van der Waals surface area contributed by atoms with Gasteiger partial charge in [0.25, 0.3) is 5.69 Å². The maximum absolute atomic E-state index is 15.1. The molecule has 1 N–H and O–H groups in total. The van der Waals surface area contributed by atoms with Crippen molar-refractivity contribution in [3.8, 4) is 16.3 Å². The molecule has 2 aromatic heterocycles. The molecule has 3 fully saturated rings. The molecular formula is C41H34ClN5O7S. The second kappa shape index (κ2) is 12.2. The summed E-state index contributed by atoms with van der Waals surface area (Å²) < 4.78 is 2.58. The first-order valence-corrected chi connectivity index (χ1v) is 19.1. The van der Waals surface area contributed by atoms with Crippen LogP contribution in [0.1, 0.15) is 42.4 Å². The highest BCUT2D eigenvalue weighted by atomic mass is 35.5. The number of nitro groups is 1. The summed E-state index contributed by atoms with van der Waals surface area (Å²) in [5.74, 6) is -4.81. The summed E-state index contributed by atoms with van der Waals surface area (Å²) in [6.45, 7) is 5.57. The van der Waals surface area contributed by atoms with Gasteiger partial charge in [-0.05, 0) is 98.0 Å². The highest BCUT2D eigenvalue weighted by molar-refractivity contribution is 7.22. The molecule has 0 radical (unpaired) electrons. The standard InChI is InChI=1S/C41H34ClN5O7S/c1-19-15-21(5-13-31(19)48)35-25-11-12-26-34(39(51)45(37(26)49)23-7-9-24(10-8-23)47(53)54)28(25)17-29-38(50)46(40(52)41(29,35)3)33-18-30(43-44(33)4)36-20(2)27-16-22(42)6-14-32(27)55-36/h5-11,13-16,18,26,28-29,34-35,48H,12,17H2,1-4H3/t26-,28+,29-,34-,35-,41+/m0/s1. The van der Waals surface area contributed by atoms with E-state index in [0.29, 0.717) is 22.1 Å². The van der Waals surface area contributed by atoms with Crippen LogP contribution in [0.5, 0.6) is 5.75 Å². The molecule has 12 nitrogen and oxygen atoms in total. The number of aromatic nitrogens is 2. The zero-order valence-corrected chi connectivity index (χ0v) is 31.7. The number of carbonyl (C=O) groups is 4. The molecule has 2 aliphatic carbocycles. The number of benzene rings is 3. The van der Waals surface area contributed by atoms with E-state index in [4.69, 9.17) is 16.7 Å². The fraction of sp³-hybridized carbons (Fsp3) is 0.293. The van der Waals surface area contributed by atoms with Crippen LogP contribution in [0.2, 0.25) is 5.02 Å². The molecule has 0 spiro atoms. The minimum Gasteiger partial charge on any atom is -0.508 e. The molecule has 3 aromatic carbocycles. The number of aromatic hydroxyl groups is 1. The van der Waals surface area contributed by atoms with E-state index >= 15 is 4.79 Å². The number of thiophene rings is 1. The summed E-state index contributed by atoms with van der Waals surface area (Å²) in [6.07, 6.45) is 2.37. The number of nitro benzene ring substituents is 1. The van der Waals surface area contributed by atoms with Gasteiger partial charge in [0.05, 0.1) is 38.7 Å². The summed E-state index contributed by atoms with van der Waals surface area (Å²) in [5, 5.41) is 28.2. The van der Waals surface area contributed by atoms with Gasteiger partial charge < -0.3 is 5.11 Å². The molecule has 0 unspecified atom stereocenters. The van der Waals surface area contributed by atoms with Gasteiger partial charge in [0, 0.05) is 40.9 Å². The van der Waals surface area contributed by atoms with Crippen molar-refractivity contribution in [1.82, 2.24) is 9.78 Å². The van der Waals surface area contributed by atoms with Crippen molar-refractivity contribution in [1.29, 1.82) is 0 Å². The summed E-state index contributed by atoms with van der Waals surface area (Å²) in [7, 11) is 1.70. The number of phenols is 1. The van der Waals surface area contributed by atoms with Crippen LogP contribution in [-0.2, 0) is 26.2 Å². The molecule has 14 heteroatoms. The van der Waals surface area contributed by atoms with Crippen molar-refractivity contribution in [3.63, 3.8) is 0 Å². The second-order valence-corrected chi connectivity index (χ2v) is 16.7. The molecule has 278 valence electrons. The van der Waals surface area contributed by atoms with E-state index in [-0.39, 0.29) is 30.0 Å². The normalized spacial score (nSPS) is 26.1. The van der Waals surface area contributed by atoms with Gasteiger partial charge in [-0.3, -0.25) is 38.9 Å². The Labute approximate surface area is 323 Å². The van der Waals surface area contributed by atoms with Crippen molar-refractivity contribution in [2.24, 2.45) is 36.1 Å². The van der Waals surface area contributed by atoms with Crippen LogP contribution >= 0.6 is 22.9 Å². The number of hydrogen-bond donors (Lipinski definition) is 1. The van der Waals surface area contributed by atoms with Crippen molar-refractivity contribution < 1.29 is 29.2 Å². The Kier molecular flexibility index (Phi) is 7.76. The van der Waals surface area contributed by atoms with E-state index in [1.165, 1.54) is 29.2 Å². The molecular weight excluding hydrogens is 742 g/mol. The first kappa shape index (κ1) is 35.1. The molecule has 2 saturated heterocycles. The highest BCUT2D eigenvalue weighted by Gasteiger charge is 2.68. The average molecular weight is 776 g/mol. The molecule has 6 atom stereocenters. The molecule has 2 aliphatic heterocycles. The number of hydrogen-bond acceptors (Lipinski definition) is 9. The van der Waals surface area contributed by atoms with Crippen LogP contribution in [0, 0.1) is 53.0 Å². The molecule has 4 aliphatic rings. The van der Waals surface area contributed by atoms with Crippen LogP contribution in [0.3, 0.4) is 0 Å². The number of carbonyl (C=O) groups excluding carboxylic acids is 4. The first-order chi connectivity index (χ1) is 26.2. The Morgan fingerprint density at radius 3 is 2.40 bits per heavy atom. The Morgan fingerprint density at radius 2 is 1.69 bits per heavy atom. The van der Waals surface area contributed by atoms with Gasteiger partial charge >= 0.3 is 0 Å². The Morgan fingerprint density at radius 1 is 0.945 bits per heavy atom. The van der Waals surface area contributed by atoms with Crippen molar-refractivity contribution >= 4 is 73.8 Å². The lowest BCUT2D eigenvalue weighted by atomic mass is 9.51. The number of non-ortho nitro benzene ring substituents is 1. The van der Waals surface area contributed by atoms with Gasteiger partial charge in [-0.2, -0.15) is 5.10 Å². The number of allylic oxidation sites excluding steroid dienone is 2. The van der Waals surface area contributed by atoms with Gasteiger partial charge in [0.15, 0.2) is 0 Å². The highest BCUT2D eigenvalue weighted by Crippen LogP contribution is 2.64. The maximum atomic E-state index is 15.1. The summed E-state index contributed by atoms with van der Waals surface area (Å²) in [5.41, 5.74) is 2.51. The molecule has 0 bridgehead atoms. The number of halogens is 1. The number of phenolic OH excluding ortho intramolecular Hbond substituents is 1. The first-order valence-electron chi connectivity index (χ1n) is 17.9. The lowest BCUT2D eigenvalue weighted by Gasteiger charge is -2.49. The van der Waals surface area contributed by atoms with Gasteiger partial charge in [-0.25, -0.2) is 4.90 Å². The Hall–Kier alpha value is -5.66. The third-order valence-electron chi connectivity index (χ3n) is 12.4. The van der Waals surface area contributed by atoms with Crippen LogP contribution in [0.15, 0.2) is 78.4 Å². The largest absolute Gasteiger partial charge is 0.508 e. The van der Waals surface area contributed by atoms with Crippen LogP contribution in [0.25, 0.3) is 20.7 Å². The molecule has 4 amide bonds. The number of nitrogens with zero attached hydrogens (tertiary/aromatic N) is 5. The predicted molar refractivity (Wildman–Crippen MR) is 207 cm³/mol. The Bertz CT molecular complexity index is 2590. The van der Waals surface area contributed by atoms with E-state index in [1.807, 2.05) is 44.2 Å². The topological polar surface area (TPSA) is 156 Å². The van der Waals surface area contributed by atoms with Crippen LogP contribution in [0.4, 0.5) is 17.2 Å². The lowest BCUT2D eigenvalue weighted by molar-refractivity contribution is -0.384. The summed E-state index contributed by atoms with van der Waals surface area (Å²) >= 11 is 7.86. The fourth-order valence-electron chi connectivity index (χ4n) is 9.67. The van der Waals surface area contributed by atoms with E-state index in [1.54, 1.807) is 48.2 Å². The monoisotopic (exact) mass is 775 g/mol. The number of amides is 4. The zero-order chi connectivity index (χ0) is 38.8. The number of rotatable bonds is 5. The Balaban J connectivity index is 1.14. The van der Waals surface area contributed by atoms with E-state index in [0.717, 1.165) is 36.6 Å². The van der Waals surface area contributed by atoms with Crippen LogP contribution in [-0.4, -0.2) is 43.4 Å². The third-order valence-corrected chi connectivity index (χ3v) is 13.9. The smallest absolute Gasteiger partial charge is 0.269 e. The van der Waals surface area contributed by atoms with Gasteiger partial charge in [-0.15, -0.1) is 11.3 Å². The summed E-state index contributed by atoms with van der Waals surface area (Å²) in [6, 6.07) is 17.9. The molecule has 4 heterocycles. The number of fused-ring (bicyclic) bond motifs is 5. The van der Waals surface area contributed by atoms with Crippen molar-refractivity contribution in [2.45, 2.75) is 39.5 Å². The van der Waals surface area contributed by atoms with Crippen LogP contribution < -0.4 is 9.80 Å². The van der Waals surface area contributed by atoms with E-state index in [9.17, 15) is 29.6 Å².